The molecule has 2 aromatic rings. The molecule has 0 aliphatic carbocycles. The minimum absolute atomic E-state index is 0.171. The molecular formula is C12H12ClFN2S. The van der Waals surface area contributed by atoms with Crippen LogP contribution in [0.1, 0.15) is 10.6 Å². The van der Waals surface area contributed by atoms with Crippen molar-refractivity contribution >= 4 is 22.9 Å². The van der Waals surface area contributed by atoms with Crippen molar-refractivity contribution in [2.75, 3.05) is 0 Å². The van der Waals surface area contributed by atoms with Gasteiger partial charge in [0.25, 0.3) is 0 Å². The van der Waals surface area contributed by atoms with Crippen LogP contribution in [0.5, 0.6) is 0 Å². The van der Waals surface area contributed by atoms with Gasteiger partial charge in [0.05, 0.1) is 5.01 Å². The van der Waals surface area contributed by atoms with Crippen molar-refractivity contribution in [3.8, 4) is 0 Å². The van der Waals surface area contributed by atoms with E-state index in [1.54, 1.807) is 29.7 Å². The van der Waals surface area contributed by atoms with Gasteiger partial charge in [-0.05, 0) is 18.6 Å². The van der Waals surface area contributed by atoms with Crippen molar-refractivity contribution in [3.63, 3.8) is 0 Å². The number of hydrogen-bond donors (Lipinski definition) is 1. The Morgan fingerprint density at radius 1 is 1.41 bits per heavy atom. The zero-order chi connectivity index (χ0) is 12.3. The van der Waals surface area contributed by atoms with Crippen molar-refractivity contribution < 1.29 is 4.39 Å². The number of thiazole rings is 1. The zero-order valence-electron chi connectivity index (χ0n) is 9.07. The predicted molar refractivity (Wildman–Crippen MR) is 68.9 cm³/mol. The molecule has 0 radical (unpaired) electrons. The lowest BCUT2D eigenvalue weighted by Crippen LogP contribution is -2.26. The second kappa shape index (κ2) is 5.58. The third kappa shape index (κ3) is 3.25. The van der Waals surface area contributed by atoms with Gasteiger partial charge in [-0.25, -0.2) is 9.37 Å². The lowest BCUT2D eigenvalue weighted by atomic mass is 10.0. The smallest absolute Gasteiger partial charge is 0.127 e. The highest BCUT2D eigenvalue weighted by atomic mass is 35.5. The summed E-state index contributed by atoms with van der Waals surface area (Å²) in [6.45, 7) is 0. The summed E-state index contributed by atoms with van der Waals surface area (Å²) in [5.74, 6) is -0.299. The summed E-state index contributed by atoms with van der Waals surface area (Å²) >= 11 is 7.50. The highest BCUT2D eigenvalue weighted by Gasteiger charge is 2.13. The van der Waals surface area contributed by atoms with Gasteiger partial charge in [-0.3, -0.25) is 0 Å². The molecule has 0 saturated carbocycles. The molecular weight excluding hydrogens is 259 g/mol. The molecule has 90 valence electrons. The molecule has 1 heterocycles. The fourth-order valence-corrected chi connectivity index (χ4v) is 2.59. The van der Waals surface area contributed by atoms with Gasteiger partial charge in [0.15, 0.2) is 0 Å². The van der Waals surface area contributed by atoms with Crippen molar-refractivity contribution in [3.05, 3.63) is 51.2 Å². The summed E-state index contributed by atoms with van der Waals surface area (Å²) in [6, 6.07) is 4.50. The van der Waals surface area contributed by atoms with Gasteiger partial charge in [-0.2, -0.15) is 0 Å². The number of rotatable bonds is 4. The average molecular weight is 271 g/mol. The summed E-state index contributed by atoms with van der Waals surface area (Å²) in [4.78, 5) is 4.15. The first-order valence-electron chi connectivity index (χ1n) is 5.23. The predicted octanol–water partition coefficient (Wildman–Crippen LogP) is 3.05. The molecule has 0 saturated heterocycles. The fourth-order valence-electron chi connectivity index (χ4n) is 1.64. The second-order valence-electron chi connectivity index (χ2n) is 3.79. The van der Waals surface area contributed by atoms with Crippen LogP contribution in [0.15, 0.2) is 29.8 Å². The first kappa shape index (κ1) is 12.5. The van der Waals surface area contributed by atoms with Gasteiger partial charge < -0.3 is 5.73 Å². The van der Waals surface area contributed by atoms with E-state index in [-0.39, 0.29) is 11.9 Å². The standard InChI is InChI=1S/C12H12ClFN2S/c13-10-2-1-3-11(14)9(10)6-8(15)7-12-16-4-5-17-12/h1-5,8H,6-7,15H2. The van der Waals surface area contributed by atoms with Gasteiger partial charge in [0.2, 0.25) is 0 Å². The minimum Gasteiger partial charge on any atom is -0.327 e. The van der Waals surface area contributed by atoms with Crippen LogP contribution < -0.4 is 5.73 Å². The molecule has 2 nitrogen and oxygen atoms in total. The van der Waals surface area contributed by atoms with Crippen molar-refractivity contribution in [1.29, 1.82) is 0 Å². The first-order valence-corrected chi connectivity index (χ1v) is 6.49. The number of hydrogen-bond acceptors (Lipinski definition) is 3. The lowest BCUT2D eigenvalue weighted by Gasteiger charge is -2.11. The van der Waals surface area contributed by atoms with E-state index >= 15 is 0 Å². The van der Waals surface area contributed by atoms with Crippen molar-refractivity contribution in [2.45, 2.75) is 18.9 Å². The lowest BCUT2D eigenvalue weighted by molar-refractivity contribution is 0.583. The molecule has 1 unspecified atom stereocenters. The molecule has 0 aliphatic rings. The summed E-state index contributed by atoms with van der Waals surface area (Å²) in [7, 11) is 0. The van der Waals surface area contributed by atoms with Crippen LogP contribution in [0, 0.1) is 5.82 Å². The Hall–Kier alpha value is -0.970. The fraction of sp³-hybridized carbons (Fsp3) is 0.250. The third-order valence-corrected chi connectivity index (χ3v) is 3.60. The quantitative estimate of drug-likeness (QED) is 0.927. The number of halogens is 2. The molecule has 1 aromatic carbocycles. The van der Waals surface area contributed by atoms with Gasteiger partial charge in [0, 0.05) is 34.6 Å². The van der Waals surface area contributed by atoms with Crippen LogP contribution in [-0.4, -0.2) is 11.0 Å². The monoisotopic (exact) mass is 270 g/mol. The Morgan fingerprint density at radius 2 is 2.24 bits per heavy atom. The Bertz CT molecular complexity index is 467. The first-order chi connectivity index (χ1) is 8.16. The summed E-state index contributed by atoms with van der Waals surface area (Å²) < 4.78 is 13.5. The largest absolute Gasteiger partial charge is 0.327 e. The Balaban J connectivity index is 2.05. The van der Waals surface area contributed by atoms with E-state index in [1.165, 1.54) is 6.07 Å². The van der Waals surface area contributed by atoms with Crippen molar-refractivity contribution in [2.24, 2.45) is 5.73 Å². The maximum absolute atomic E-state index is 13.5. The van der Waals surface area contributed by atoms with Crippen LogP contribution in [-0.2, 0) is 12.8 Å². The Kier molecular flexibility index (Phi) is 4.10. The van der Waals surface area contributed by atoms with E-state index in [0.717, 1.165) is 5.01 Å². The number of aromatic nitrogens is 1. The van der Waals surface area contributed by atoms with Gasteiger partial charge in [-0.1, -0.05) is 17.7 Å². The van der Waals surface area contributed by atoms with E-state index in [0.29, 0.717) is 23.4 Å². The average Bonchev–Trinajstić information content (AvgIpc) is 2.76. The molecule has 0 aliphatic heterocycles. The SMILES string of the molecule is NC(Cc1nccs1)Cc1c(F)cccc1Cl. The summed E-state index contributed by atoms with van der Waals surface area (Å²) in [5, 5.41) is 3.29. The second-order valence-corrected chi connectivity index (χ2v) is 5.18. The Labute approximate surface area is 108 Å². The van der Waals surface area contributed by atoms with Gasteiger partial charge in [0.1, 0.15) is 5.82 Å². The van der Waals surface area contributed by atoms with E-state index in [4.69, 9.17) is 17.3 Å². The van der Waals surface area contributed by atoms with Crippen molar-refractivity contribution in [1.82, 2.24) is 4.98 Å². The molecule has 2 rings (SSSR count). The molecule has 2 N–H and O–H groups in total. The van der Waals surface area contributed by atoms with E-state index in [9.17, 15) is 4.39 Å². The van der Waals surface area contributed by atoms with Gasteiger partial charge in [-0.15, -0.1) is 11.3 Å². The molecule has 17 heavy (non-hydrogen) atoms. The molecule has 0 bridgehead atoms. The third-order valence-electron chi connectivity index (χ3n) is 2.45. The Morgan fingerprint density at radius 3 is 2.88 bits per heavy atom. The minimum atomic E-state index is -0.299. The van der Waals surface area contributed by atoms with Crippen LogP contribution >= 0.6 is 22.9 Å². The molecule has 0 fully saturated rings. The van der Waals surface area contributed by atoms with Crippen LogP contribution in [0.25, 0.3) is 0 Å². The number of nitrogens with zero attached hydrogens (tertiary/aromatic N) is 1. The summed E-state index contributed by atoms with van der Waals surface area (Å²) in [6.07, 6.45) is 2.80. The zero-order valence-corrected chi connectivity index (χ0v) is 10.6. The topological polar surface area (TPSA) is 38.9 Å². The number of benzene rings is 1. The van der Waals surface area contributed by atoms with Crippen LogP contribution in [0.3, 0.4) is 0 Å². The highest BCUT2D eigenvalue weighted by Crippen LogP contribution is 2.21. The van der Waals surface area contributed by atoms with E-state index in [1.807, 2.05) is 5.38 Å². The molecule has 1 atom stereocenters. The van der Waals surface area contributed by atoms with Crippen LogP contribution in [0.2, 0.25) is 5.02 Å². The molecule has 0 amide bonds. The van der Waals surface area contributed by atoms with E-state index < -0.39 is 0 Å². The maximum Gasteiger partial charge on any atom is 0.127 e. The van der Waals surface area contributed by atoms with E-state index in [2.05, 4.69) is 4.98 Å². The van der Waals surface area contributed by atoms with Crippen LogP contribution in [0.4, 0.5) is 4.39 Å². The molecule has 0 spiro atoms. The highest BCUT2D eigenvalue weighted by molar-refractivity contribution is 7.09. The normalized spacial score (nSPS) is 12.6. The summed E-state index contributed by atoms with van der Waals surface area (Å²) in [5.41, 5.74) is 6.46. The maximum atomic E-state index is 13.5. The molecule has 1 aromatic heterocycles. The van der Waals surface area contributed by atoms with Gasteiger partial charge >= 0.3 is 0 Å². The number of nitrogens with two attached hydrogens (primary N) is 1. The molecule has 5 heteroatoms.